The molecule has 0 aliphatic carbocycles. The molecule has 5 nitrogen and oxygen atoms in total. The van der Waals surface area contributed by atoms with E-state index in [1.54, 1.807) is 37.3 Å². The van der Waals surface area contributed by atoms with E-state index in [2.05, 4.69) is 4.74 Å². The van der Waals surface area contributed by atoms with Crippen molar-refractivity contribution >= 4 is 11.9 Å². The molecule has 1 aromatic rings. The fourth-order valence-corrected chi connectivity index (χ4v) is 1.13. The van der Waals surface area contributed by atoms with Crippen molar-refractivity contribution in [3.8, 4) is 0 Å². The first kappa shape index (κ1) is 12.2. The molecule has 0 saturated heterocycles. The molecule has 1 aromatic carbocycles. The predicted octanol–water partition coefficient (Wildman–Crippen LogP) is 1.08. The zero-order valence-corrected chi connectivity index (χ0v) is 8.92. The van der Waals surface area contributed by atoms with E-state index in [0.717, 1.165) is 0 Å². The summed E-state index contributed by atoms with van der Waals surface area (Å²) in [5, 5.41) is 9.69. The summed E-state index contributed by atoms with van der Waals surface area (Å²) in [5.41, 5.74) is 0.314. The van der Waals surface area contributed by atoms with Crippen molar-refractivity contribution in [2.45, 2.75) is 6.92 Å². The standard InChI is InChI=1S/C11H13NO4/c1-2-16-10(13)8-12(15)11(14)9-6-4-3-5-7-9/h3-7,15H,2,8H2,1H3. The molecule has 16 heavy (non-hydrogen) atoms. The fourth-order valence-electron chi connectivity index (χ4n) is 1.13. The van der Waals surface area contributed by atoms with Crippen molar-refractivity contribution in [3.63, 3.8) is 0 Å². The molecule has 0 aromatic heterocycles. The number of nitrogens with zero attached hydrogens (tertiary/aromatic N) is 1. The molecule has 0 aliphatic rings. The average molecular weight is 223 g/mol. The van der Waals surface area contributed by atoms with Crippen molar-refractivity contribution < 1.29 is 19.5 Å². The minimum Gasteiger partial charge on any atom is -0.465 e. The van der Waals surface area contributed by atoms with Gasteiger partial charge in [-0.15, -0.1) is 0 Å². The highest BCUT2D eigenvalue weighted by Crippen LogP contribution is 2.02. The molecule has 0 fully saturated rings. The Hall–Kier alpha value is -1.88. The number of carbonyl (C=O) groups is 2. The van der Waals surface area contributed by atoms with Crippen LogP contribution in [-0.2, 0) is 9.53 Å². The molecule has 0 aliphatic heterocycles. The van der Waals surface area contributed by atoms with Gasteiger partial charge in [0.2, 0.25) is 0 Å². The molecule has 1 rings (SSSR count). The maximum atomic E-state index is 11.6. The van der Waals surface area contributed by atoms with Gasteiger partial charge in [0.1, 0.15) is 6.54 Å². The van der Waals surface area contributed by atoms with Crippen LogP contribution >= 0.6 is 0 Å². The molecule has 0 radical (unpaired) electrons. The lowest BCUT2D eigenvalue weighted by molar-refractivity contribution is -0.152. The lowest BCUT2D eigenvalue weighted by Gasteiger charge is -2.13. The Balaban J connectivity index is 2.58. The van der Waals surface area contributed by atoms with Gasteiger partial charge in [-0.3, -0.25) is 14.8 Å². The lowest BCUT2D eigenvalue weighted by atomic mass is 10.2. The van der Waals surface area contributed by atoms with Gasteiger partial charge in [0.05, 0.1) is 6.61 Å². The highest BCUT2D eigenvalue weighted by Gasteiger charge is 2.16. The molecule has 1 amide bonds. The van der Waals surface area contributed by atoms with Crippen LogP contribution in [0.15, 0.2) is 30.3 Å². The second-order valence-corrected chi connectivity index (χ2v) is 3.03. The largest absolute Gasteiger partial charge is 0.465 e. The van der Waals surface area contributed by atoms with Gasteiger partial charge in [-0.1, -0.05) is 18.2 Å². The van der Waals surface area contributed by atoms with Crippen molar-refractivity contribution in [1.82, 2.24) is 5.06 Å². The molecular formula is C11H13NO4. The summed E-state index contributed by atoms with van der Waals surface area (Å²) in [6.45, 7) is 1.40. The molecule has 0 bridgehead atoms. The maximum absolute atomic E-state index is 11.6. The first-order chi connectivity index (χ1) is 7.65. The third-order valence-electron chi connectivity index (χ3n) is 1.84. The Morgan fingerprint density at radius 1 is 1.31 bits per heavy atom. The molecule has 0 atom stereocenters. The van der Waals surface area contributed by atoms with Gasteiger partial charge < -0.3 is 4.74 Å². The Morgan fingerprint density at radius 2 is 1.94 bits per heavy atom. The van der Waals surface area contributed by atoms with E-state index < -0.39 is 18.4 Å². The molecule has 0 spiro atoms. The van der Waals surface area contributed by atoms with Crippen LogP contribution in [0.25, 0.3) is 0 Å². The van der Waals surface area contributed by atoms with Gasteiger partial charge >= 0.3 is 5.97 Å². The third-order valence-corrected chi connectivity index (χ3v) is 1.84. The Labute approximate surface area is 93.2 Å². The van der Waals surface area contributed by atoms with E-state index in [-0.39, 0.29) is 6.61 Å². The van der Waals surface area contributed by atoms with Crippen LogP contribution in [0.1, 0.15) is 17.3 Å². The van der Waals surface area contributed by atoms with Crippen LogP contribution in [0.3, 0.4) is 0 Å². The second kappa shape index (κ2) is 5.87. The van der Waals surface area contributed by atoms with Gasteiger partial charge in [-0.25, -0.2) is 5.06 Å². The summed E-state index contributed by atoms with van der Waals surface area (Å²) in [6.07, 6.45) is 0. The van der Waals surface area contributed by atoms with Crippen LogP contribution in [-0.4, -0.2) is 35.3 Å². The zero-order chi connectivity index (χ0) is 12.0. The van der Waals surface area contributed by atoms with Gasteiger partial charge in [0, 0.05) is 5.56 Å². The normalized spacial score (nSPS) is 9.62. The Bertz CT molecular complexity index is 364. The number of ether oxygens (including phenoxy) is 1. The number of carbonyl (C=O) groups excluding carboxylic acids is 2. The van der Waals surface area contributed by atoms with Crippen molar-refractivity contribution in [1.29, 1.82) is 0 Å². The van der Waals surface area contributed by atoms with Crippen LogP contribution < -0.4 is 0 Å². The first-order valence-corrected chi connectivity index (χ1v) is 4.86. The van der Waals surface area contributed by atoms with E-state index in [1.165, 1.54) is 0 Å². The molecule has 0 heterocycles. The molecule has 5 heteroatoms. The number of hydroxylamine groups is 2. The minimum absolute atomic E-state index is 0.214. The Morgan fingerprint density at radius 3 is 2.50 bits per heavy atom. The van der Waals surface area contributed by atoms with Crippen LogP contribution in [0.5, 0.6) is 0 Å². The average Bonchev–Trinajstić information content (AvgIpc) is 2.29. The molecule has 0 saturated carbocycles. The molecular weight excluding hydrogens is 210 g/mol. The summed E-state index contributed by atoms with van der Waals surface area (Å²) < 4.78 is 4.61. The van der Waals surface area contributed by atoms with Crippen molar-refractivity contribution in [3.05, 3.63) is 35.9 Å². The first-order valence-electron chi connectivity index (χ1n) is 4.86. The topological polar surface area (TPSA) is 66.8 Å². The second-order valence-electron chi connectivity index (χ2n) is 3.03. The number of hydrogen-bond acceptors (Lipinski definition) is 4. The summed E-state index contributed by atoms with van der Waals surface area (Å²) in [6, 6.07) is 8.20. The summed E-state index contributed by atoms with van der Waals surface area (Å²) in [7, 11) is 0. The highest BCUT2D eigenvalue weighted by atomic mass is 16.6. The van der Waals surface area contributed by atoms with Crippen LogP contribution in [0, 0.1) is 0 Å². The fraction of sp³-hybridized carbons (Fsp3) is 0.273. The number of rotatable bonds is 4. The van der Waals surface area contributed by atoms with E-state index in [9.17, 15) is 14.8 Å². The maximum Gasteiger partial charge on any atom is 0.328 e. The monoisotopic (exact) mass is 223 g/mol. The highest BCUT2D eigenvalue weighted by molar-refractivity contribution is 5.95. The van der Waals surface area contributed by atoms with Gasteiger partial charge in [-0.05, 0) is 19.1 Å². The van der Waals surface area contributed by atoms with Gasteiger partial charge in [0.15, 0.2) is 0 Å². The number of amides is 1. The number of benzene rings is 1. The van der Waals surface area contributed by atoms with E-state index in [1.807, 2.05) is 0 Å². The predicted molar refractivity (Wildman–Crippen MR) is 55.9 cm³/mol. The Kier molecular flexibility index (Phi) is 4.47. The third kappa shape index (κ3) is 3.36. The summed E-state index contributed by atoms with van der Waals surface area (Å²) in [5.74, 6) is -1.28. The SMILES string of the molecule is CCOC(=O)CN(O)C(=O)c1ccccc1. The van der Waals surface area contributed by atoms with Crippen LogP contribution in [0.2, 0.25) is 0 Å². The van der Waals surface area contributed by atoms with Gasteiger partial charge in [-0.2, -0.15) is 0 Å². The van der Waals surface area contributed by atoms with E-state index in [4.69, 9.17) is 0 Å². The van der Waals surface area contributed by atoms with Gasteiger partial charge in [0.25, 0.3) is 5.91 Å². The van der Waals surface area contributed by atoms with E-state index in [0.29, 0.717) is 10.6 Å². The lowest BCUT2D eigenvalue weighted by Crippen LogP contribution is -2.33. The summed E-state index contributed by atoms with van der Waals surface area (Å²) in [4.78, 5) is 22.6. The summed E-state index contributed by atoms with van der Waals surface area (Å²) >= 11 is 0. The number of hydrogen-bond donors (Lipinski definition) is 1. The van der Waals surface area contributed by atoms with Crippen molar-refractivity contribution in [2.24, 2.45) is 0 Å². The van der Waals surface area contributed by atoms with Crippen molar-refractivity contribution in [2.75, 3.05) is 13.2 Å². The molecule has 0 unspecified atom stereocenters. The quantitative estimate of drug-likeness (QED) is 0.471. The zero-order valence-electron chi connectivity index (χ0n) is 8.92. The van der Waals surface area contributed by atoms with E-state index >= 15 is 0 Å². The number of esters is 1. The van der Waals surface area contributed by atoms with Crippen LogP contribution in [0.4, 0.5) is 0 Å². The minimum atomic E-state index is -0.644. The smallest absolute Gasteiger partial charge is 0.328 e. The molecule has 86 valence electrons. The molecule has 1 N–H and O–H groups in total.